The average Bonchev–Trinajstić information content (AvgIpc) is 2.58. The monoisotopic (exact) mass is 396 g/mol. The molecule has 0 aliphatic carbocycles. The van der Waals surface area contributed by atoms with Crippen molar-refractivity contribution in [1.82, 2.24) is 4.72 Å². The number of aliphatic carboxylic acids is 1. The minimum Gasteiger partial charge on any atom is -0.478 e. The summed E-state index contributed by atoms with van der Waals surface area (Å²) in [6.45, 7) is -0.0338. The lowest BCUT2D eigenvalue weighted by Crippen LogP contribution is -2.23. The third kappa shape index (κ3) is 5.49. The SMILES string of the molecule is NS(=O)(=O)c1ccc(CNS(=O)(=O)c2ccc(/C=C/C(=O)O)cc2)cc1. The van der Waals surface area contributed by atoms with Gasteiger partial charge in [0.25, 0.3) is 0 Å². The van der Waals surface area contributed by atoms with Crippen LogP contribution in [0.1, 0.15) is 11.1 Å². The van der Waals surface area contributed by atoms with Crippen molar-refractivity contribution >= 4 is 32.1 Å². The topological polar surface area (TPSA) is 144 Å². The first-order valence-corrected chi connectivity index (χ1v) is 10.2. The van der Waals surface area contributed by atoms with E-state index in [0.29, 0.717) is 11.1 Å². The Bertz CT molecular complexity index is 1030. The van der Waals surface area contributed by atoms with Crippen LogP contribution in [0, 0.1) is 0 Å². The van der Waals surface area contributed by atoms with Crippen LogP contribution >= 0.6 is 0 Å². The average molecular weight is 396 g/mol. The molecule has 138 valence electrons. The van der Waals surface area contributed by atoms with E-state index in [0.717, 1.165) is 6.08 Å². The van der Waals surface area contributed by atoms with Gasteiger partial charge in [-0.1, -0.05) is 24.3 Å². The minimum absolute atomic E-state index is 0.0196. The summed E-state index contributed by atoms with van der Waals surface area (Å²) in [6.07, 6.45) is 2.30. The second-order valence-corrected chi connectivity index (χ2v) is 8.58. The van der Waals surface area contributed by atoms with Crippen LogP contribution in [0.4, 0.5) is 0 Å². The number of nitrogens with one attached hydrogen (secondary N) is 1. The summed E-state index contributed by atoms with van der Waals surface area (Å²) in [7, 11) is -7.58. The fraction of sp³-hybridized carbons (Fsp3) is 0.0625. The number of sulfonamides is 2. The molecule has 0 heterocycles. The molecule has 0 saturated carbocycles. The Hall–Kier alpha value is -2.53. The highest BCUT2D eigenvalue weighted by atomic mass is 32.2. The van der Waals surface area contributed by atoms with Crippen LogP contribution < -0.4 is 9.86 Å². The lowest BCUT2D eigenvalue weighted by atomic mass is 10.2. The number of carboxylic acids is 1. The van der Waals surface area contributed by atoms with Crippen molar-refractivity contribution in [1.29, 1.82) is 0 Å². The maximum Gasteiger partial charge on any atom is 0.328 e. The van der Waals surface area contributed by atoms with Crippen molar-refractivity contribution in [2.45, 2.75) is 16.3 Å². The normalized spacial score (nSPS) is 12.3. The van der Waals surface area contributed by atoms with Gasteiger partial charge < -0.3 is 5.11 Å². The van der Waals surface area contributed by atoms with E-state index in [4.69, 9.17) is 10.2 Å². The zero-order chi connectivity index (χ0) is 19.4. The number of primary sulfonamides is 1. The first-order valence-electron chi connectivity index (χ1n) is 7.20. The van der Waals surface area contributed by atoms with E-state index in [1.165, 1.54) is 54.6 Å². The molecule has 4 N–H and O–H groups in total. The van der Waals surface area contributed by atoms with Crippen LogP contribution in [0.3, 0.4) is 0 Å². The molecular formula is C16H16N2O6S2. The Kier molecular flexibility index (Phi) is 5.93. The van der Waals surface area contributed by atoms with Crippen molar-refractivity contribution < 1.29 is 26.7 Å². The number of hydrogen-bond donors (Lipinski definition) is 3. The van der Waals surface area contributed by atoms with Crippen molar-refractivity contribution in [3.8, 4) is 0 Å². The van der Waals surface area contributed by atoms with E-state index in [-0.39, 0.29) is 16.3 Å². The van der Waals surface area contributed by atoms with E-state index in [2.05, 4.69) is 4.72 Å². The number of nitrogens with two attached hydrogens (primary N) is 1. The van der Waals surface area contributed by atoms with Gasteiger partial charge >= 0.3 is 5.97 Å². The van der Waals surface area contributed by atoms with Crippen LogP contribution in [0.5, 0.6) is 0 Å². The Morgan fingerprint density at radius 3 is 2.00 bits per heavy atom. The Labute approximate surface area is 151 Å². The standard InChI is InChI=1S/C16H16N2O6S2/c17-25(21,22)14-6-3-13(4-7-14)11-18-26(23,24)15-8-1-12(2-9-15)5-10-16(19)20/h1-10,18H,11H2,(H,19,20)(H2,17,21,22)/b10-5+. The largest absolute Gasteiger partial charge is 0.478 e. The number of benzene rings is 2. The molecule has 0 unspecified atom stereocenters. The minimum atomic E-state index is -3.80. The molecule has 10 heteroatoms. The Morgan fingerprint density at radius 1 is 0.962 bits per heavy atom. The molecule has 2 aromatic carbocycles. The van der Waals surface area contributed by atoms with Gasteiger partial charge in [0, 0.05) is 12.6 Å². The van der Waals surface area contributed by atoms with E-state index in [1.807, 2.05) is 0 Å². The number of rotatable bonds is 7. The summed E-state index contributed by atoms with van der Waals surface area (Å²) in [4.78, 5) is 10.4. The molecule has 0 fully saturated rings. The van der Waals surface area contributed by atoms with Crippen LogP contribution in [-0.4, -0.2) is 27.9 Å². The first kappa shape index (κ1) is 19.8. The fourth-order valence-corrected chi connectivity index (χ4v) is 3.52. The molecule has 0 aromatic heterocycles. The van der Waals surface area contributed by atoms with Crippen LogP contribution in [-0.2, 0) is 31.4 Å². The summed E-state index contributed by atoms with van der Waals surface area (Å²) in [5.41, 5.74) is 1.10. The highest BCUT2D eigenvalue weighted by molar-refractivity contribution is 7.89. The van der Waals surface area contributed by atoms with E-state index >= 15 is 0 Å². The molecule has 0 aliphatic rings. The summed E-state index contributed by atoms with van der Waals surface area (Å²) in [5.74, 6) is -1.10. The third-order valence-corrected chi connectivity index (χ3v) is 5.67. The highest BCUT2D eigenvalue weighted by Gasteiger charge is 2.14. The summed E-state index contributed by atoms with van der Waals surface area (Å²) in [5, 5.41) is 13.6. The molecule has 0 amide bonds. The summed E-state index contributed by atoms with van der Waals surface area (Å²) < 4.78 is 49.3. The van der Waals surface area contributed by atoms with Crippen molar-refractivity contribution in [3.63, 3.8) is 0 Å². The zero-order valence-electron chi connectivity index (χ0n) is 13.4. The Morgan fingerprint density at radius 2 is 1.50 bits per heavy atom. The smallest absolute Gasteiger partial charge is 0.328 e. The van der Waals surface area contributed by atoms with E-state index in [9.17, 15) is 21.6 Å². The van der Waals surface area contributed by atoms with Gasteiger partial charge in [-0.3, -0.25) is 0 Å². The van der Waals surface area contributed by atoms with Gasteiger partial charge in [-0.15, -0.1) is 0 Å². The van der Waals surface area contributed by atoms with Gasteiger partial charge in [0.1, 0.15) is 0 Å². The molecule has 2 aromatic rings. The van der Waals surface area contributed by atoms with Crippen LogP contribution in [0.25, 0.3) is 6.08 Å². The maximum absolute atomic E-state index is 12.3. The molecule has 0 aliphatic heterocycles. The van der Waals surface area contributed by atoms with Gasteiger partial charge in [0.05, 0.1) is 9.79 Å². The number of carboxylic acid groups (broad SMARTS) is 1. The van der Waals surface area contributed by atoms with Crippen LogP contribution in [0.15, 0.2) is 64.4 Å². The quantitative estimate of drug-likeness (QED) is 0.594. The molecule has 26 heavy (non-hydrogen) atoms. The van der Waals surface area contributed by atoms with E-state index in [1.54, 1.807) is 0 Å². The number of carbonyl (C=O) groups is 1. The molecule has 2 rings (SSSR count). The first-order chi connectivity index (χ1) is 12.1. The van der Waals surface area contributed by atoms with Gasteiger partial charge in [-0.2, -0.15) is 0 Å². The highest BCUT2D eigenvalue weighted by Crippen LogP contribution is 2.13. The molecule has 0 atom stereocenters. The number of hydrogen-bond acceptors (Lipinski definition) is 5. The van der Waals surface area contributed by atoms with Gasteiger partial charge in [0.15, 0.2) is 0 Å². The molecule has 0 bridgehead atoms. The van der Waals surface area contributed by atoms with Gasteiger partial charge in [-0.05, 0) is 41.5 Å². The molecule has 8 nitrogen and oxygen atoms in total. The third-order valence-electron chi connectivity index (χ3n) is 3.33. The molecule has 0 radical (unpaired) electrons. The van der Waals surface area contributed by atoms with E-state index < -0.39 is 26.0 Å². The predicted octanol–water partition coefficient (Wildman–Crippen LogP) is 0.910. The predicted molar refractivity (Wildman–Crippen MR) is 95.0 cm³/mol. The summed E-state index contributed by atoms with van der Waals surface area (Å²) in [6, 6.07) is 11.2. The Balaban J connectivity index is 2.07. The molecule has 0 spiro atoms. The molecular weight excluding hydrogens is 380 g/mol. The van der Waals surface area contributed by atoms with Gasteiger partial charge in [-0.25, -0.2) is 31.5 Å². The van der Waals surface area contributed by atoms with Crippen LogP contribution in [0.2, 0.25) is 0 Å². The van der Waals surface area contributed by atoms with Crippen molar-refractivity contribution in [2.75, 3.05) is 0 Å². The lowest BCUT2D eigenvalue weighted by molar-refractivity contribution is -0.131. The molecule has 0 saturated heterocycles. The summed E-state index contributed by atoms with van der Waals surface area (Å²) >= 11 is 0. The lowest BCUT2D eigenvalue weighted by Gasteiger charge is -2.08. The van der Waals surface area contributed by atoms with Gasteiger partial charge in [0.2, 0.25) is 20.0 Å². The second kappa shape index (κ2) is 7.79. The fourth-order valence-electron chi connectivity index (χ4n) is 1.98. The second-order valence-electron chi connectivity index (χ2n) is 5.25. The van der Waals surface area contributed by atoms with Crippen molar-refractivity contribution in [2.24, 2.45) is 5.14 Å². The van der Waals surface area contributed by atoms with Crippen molar-refractivity contribution in [3.05, 3.63) is 65.7 Å². The maximum atomic E-state index is 12.3. The zero-order valence-corrected chi connectivity index (χ0v) is 15.0.